The van der Waals surface area contributed by atoms with Gasteiger partial charge in [-0.1, -0.05) is 11.6 Å². The van der Waals surface area contributed by atoms with Crippen LogP contribution in [0.4, 0.5) is 62.3 Å². The minimum atomic E-state index is -5.56. The van der Waals surface area contributed by atoms with Crippen molar-refractivity contribution in [3.63, 3.8) is 0 Å². The maximum Gasteiger partial charge on any atom is 0.418 e. The van der Waals surface area contributed by atoms with Gasteiger partial charge in [0.1, 0.15) is 5.69 Å². The van der Waals surface area contributed by atoms with Crippen LogP contribution in [0.2, 0.25) is 5.02 Å². The smallest absolute Gasteiger partial charge is 0.347 e. The summed E-state index contributed by atoms with van der Waals surface area (Å²) in [6.07, 6.45) is -16.5. The molecule has 0 amide bonds. The minimum Gasteiger partial charge on any atom is -0.347 e. The lowest BCUT2D eigenvalue weighted by Gasteiger charge is -2.21. The first-order chi connectivity index (χ1) is 14.8. The van der Waals surface area contributed by atoms with Crippen LogP contribution in [0.25, 0.3) is 0 Å². The van der Waals surface area contributed by atoms with Gasteiger partial charge in [0.05, 0.1) is 47.8 Å². The molecule has 2 aromatic rings. The molecule has 180 valence electrons. The normalized spacial score (nSPS) is 12.6. The number of rotatable bonds is 4. The van der Waals surface area contributed by atoms with Gasteiger partial charge in [-0.05, 0) is 22.0 Å². The predicted octanol–water partition coefficient (Wildman–Crippen LogP) is 7.72. The Morgan fingerprint density at radius 1 is 0.758 bits per heavy atom. The molecule has 0 bridgehead atoms. The zero-order valence-corrected chi connectivity index (χ0v) is 17.3. The number of benzene rings is 2. The van der Waals surface area contributed by atoms with Gasteiger partial charge in [-0.15, -0.1) is 0 Å². The zero-order valence-electron chi connectivity index (χ0n) is 14.9. The standard InChI is InChI=1S/C15H4BrClF9N3O4/c16-9-5(13(18,19)20)3-6(14(21,22)23)10(17)12(9)27-11-7(15(24,25)26)1-4(28(30)31)2-8(11)29(32)33/h1-3,27H. The number of nitro benzene ring substituents is 2. The van der Waals surface area contributed by atoms with Crippen molar-refractivity contribution in [1.82, 2.24) is 0 Å². The van der Waals surface area contributed by atoms with Crippen molar-refractivity contribution in [1.29, 1.82) is 0 Å². The van der Waals surface area contributed by atoms with Crippen LogP contribution >= 0.6 is 27.5 Å². The highest BCUT2D eigenvalue weighted by Gasteiger charge is 2.44. The maximum absolute atomic E-state index is 13.5. The van der Waals surface area contributed by atoms with Gasteiger partial charge in [-0.3, -0.25) is 20.2 Å². The molecule has 0 unspecified atom stereocenters. The number of nitro groups is 2. The fourth-order valence-corrected chi connectivity index (χ4v) is 3.55. The van der Waals surface area contributed by atoms with Crippen LogP contribution in [-0.4, -0.2) is 9.85 Å². The van der Waals surface area contributed by atoms with Gasteiger partial charge in [-0.2, -0.15) is 39.5 Å². The molecule has 0 aromatic heterocycles. The van der Waals surface area contributed by atoms with Gasteiger partial charge in [0.15, 0.2) is 0 Å². The molecule has 7 nitrogen and oxygen atoms in total. The van der Waals surface area contributed by atoms with E-state index in [0.29, 0.717) is 0 Å². The van der Waals surface area contributed by atoms with E-state index < -0.39 is 83.4 Å². The minimum absolute atomic E-state index is 0.0393. The van der Waals surface area contributed by atoms with E-state index in [1.54, 1.807) is 0 Å². The van der Waals surface area contributed by atoms with Crippen LogP contribution in [0, 0.1) is 20.2 Å². The monoisotopic (exact) mass is 575 g/mol. The third-order valence-corrected chi connectivity index (χ3v) is 5.09. The lowest BCUT2D eigenvalue weighted by Crippen LogP contribution is -2.16. The first-order valence-electron chi connectivity index (χ1n) is 7.74. The number of anilines is 2. The van der Waals surface area contributed by atoms with Crippen molar-refractivity contribution in [3.8, 4) is 0 Å². The molecule has 0 saturated carbocycles. The van der Waals surface area contributed by atoms with Gasteiger partial charge in [0.25, 0.3) is 11.4 Å². The van der Waals surface area contributed by atoms with Crippen LogP contribution in [0.1, 0.15) is 16.7 Å². The van der Waals surface area contributed by atoms with Gasteiger partial charge >= 0.3 is 18.5 Å². The summed E-state index contributed by atoms with van der Waals surface area (Å²) >= 11 is 7.82. The van der Waals surface area contributed by atoms with E-state index in [-0.39, 0.29) is 12.1 Å². The lowest BCUT2D eigenvalue weighted by atomic mass is 10.1. The highest BCUT2D eigenvalue weighted by Crippen LogP contribution is 2.51. The fourth-order valence-electron chi connectivity index (χ4n) is 2.50. The molecule has 0 radical (unpaired) electrons. The summed E-state index contributed by atoms with van der Waals surface area (Å²) in [5.74, 6) is 0. The van der Waals surface area contributed by atoms with Crippen molar-refractivity contribution in [2.45, 2.75) is 18.5 Å². The quantitative estimate of drug-likeness (QED) is 0.228. The van der Waals surface area contributed by atoms with Crippen molar-refractivity contribution in [2.75, 3.05) is 5.32 Å². The third-order valence-electron chi connectivity index (χ3n) is 3.88. The Kier molecular flexibility index (Phi) is 6.82. The number of nitrogens with one attached hydrogen (secondary N) is 1. The Hall–Kier alpha value is -2.82. The molecule has 0 atom stereocenters. The molecule has 2 rings (SSSR count). The number of halogens is 11. The van der Waals surface area contributed by atoms with Gasteiger partial charge in [0.2, 0.25) is 0 Å². The summed E-state index contributed by atoms with van der Waals surface area (Å²) in [5.41, 5.74) is -12.4. The number of hydrogen-bond donors (Lipinski definition) is 1. The zero-order chi connectivity index (χ0) is 25.7. The van der Waals surface area contributed by atoms with Crippen molar-refractivity contribution < 1.29 is 49.4 Å². The first-order valence-corrected chi connectivity index (χ1v) is 8.91. The fraction of sp³-hybridized carbons (Fsp3) is 0.200. The summed E-state index contributed by atoms with van der Waals surface area (Å²) < 4.78 is 119. The molecule has 0 saturated heterocycles. The number of nitrogens with zero attached hydrogens (tertiary/aromatic N) is 2. The Labute approximate surface area is 188 Å². The van der Waals surface area contributed by atoms with Crippen LogP contribution < -0.4 is 5.32 Å². The Bertz CT molecular complexity index is 1110. The predicted molar refractivity (Wildman–Crippen MR) is 97.2 cm³/mol. The Morgan fingerprint density at radius 2 is 1.24 bits per heavy atom. The molecule has 0 aliphatic carbocycles. The molecule has 33 heavy (non-hydrogen) atoms. The molecule has 1 N–H and O–H groups in total. The SMILES string of the molecule is O=[N+]([O-])c1cc([N+](=O)[O-])c(Nc2c(Cl)c(C(F)(F)F)cc(C(F)(F)F)c2Br)c(C(F)(F)F)c1. The van der Waals surface area contributed by atoms with Crippen LogP contribution in [-0.2, 0) is 18.5 Å². The summed E-state index contributed by atoms with van der Waals surface area (Å²) in [6.45, 7) is 0. The van der Waals surface area contributed by atoms with Gasteiger partial charge in [-0.25, -0.2) is 0 Å². The van der Waals surface area contributed by atoms with Crippen LogP contribution in [0.5, 0.6) is 0 Å². The number of hydrogen-bond acceptors (Lipinski definition) is 5. The highest BCUT2D eigenvalue weighted by atomic mass is 79.9. The van der Waals surface area contributed by atoms with Crippen LogP contribution in [0.3, 0.4) is 0 Å². The first kappa shape index (κ1) is 26.4. The van der Waals surface area contributed by atoms with E-state index in [1.165, 1.54) is 5.32 Å². The summed E-state index contributed by atoms with van der Waals surface area (Å²) in [4.78, 5) is 19.2. The summed E-state index contributed by atoms with van der Waals surface area (Å²) in [5, 5.41) is 22.1. The van der Waals surface area contributed by atoms with Gasteiger partial charge < -0.3 is 5.32 Å². The van der Waals surface area contributed by atoms with E-state index in [0.717, 1.165) is 0 Å². The summed E-state index contributed by atoms with van der Waals surface area (Å²) in [7, 11) is 0. The second kappa shape index (κ2) is 8.51. The molecule has 0 fully saturated rings. The molecule has 0 heterocycles. The molecule has 2 aromatic carbocycles. The molecular weight excluding hydrogens is 573 g/mol. The topological polar surface area (TPSA) is 98.3 Å². The van der Waals surface area contributed by atoms with Crippen molar-refractivity contribution in [3.05, 3.63) is 64.6 Å². The van der Waals surface area contributed by atoms with Gasteiger partial charge in [0, 0.05) is 6.07 Å². The second-order valence-corrected chi connectivity index (χ2v) is 7.17. The molecular formula is C15H4BrClF9N3O4. The average Bonchev–Trinajstić information content (AvgIpc) is 2.61. The van der Waals surface area contributed by atoms with Crippen molar-refractivity contribution >= 4 is 50.3 Å². The molecule has 0 aliphatic rings. The number of non-ortho nitro benzene ring substituents is 1. The highest BCUT2D eigenvalue weighted by molar-refractivity contribution is 9.10. The average molecular weight is 577 g/mol. The number of alkyl halides is 9. The van der Waals surface area contributed by atoms with E-state index in [9.17, 15) is 59.7 Å². The van der Waals surface area contributed by atoms with E-state index in [2.05, 4.69) is 15.9 Å². The molecule has 0 aliphatic heterocycles. The van der Waals surface area contributed by atoms with E-state index in [1.807, 2.05) is 0 Å². The van der Waals surface area contributed by atoms with E-state index in [4.69, 9.17) is 11.6 Å². The third kappa shape index (κ3) is 5.40. The Balaban J connectivity index is 2.98. The Morgan fingerprint density at radius 3 is 1.64 bits per heavy atom. The lowest BCUT2D eigenvalue weighted by molar-refractivity contribution is -0.394. The van der Waals surface area contributed by atoms with E-state index >= 15 is 0 Å². The summed E-state index contributed by atoms with van der Waals surface area (Å²) in [6, 6.07) is -0.556. The maximum atomic E-state index is 13.5. The molecule has 0 spiro atoms. The van der Waals surface area contributed by atoms with Crippen molar-refractivity contribution in [2.24, 2.45) is 0 Å². The second-order valence-electron chi connectivity index (χ2n) is 5.99. The molecule has 18 heteroatoms. The van der Waals surface area contributed by atoms with Crippen LogP contribution in [0.15, 0.2) is 22.7 Å². The largest absolute Gasteiger partial charge is 0.418 e.